The molecular weight excluding hydrogens is 242 g/mol. The zero-order chi connectivity index (χ0) is 13.3. The first kappa shape index (κ1) is 13.5. The summed E-state index contributed by atoms with van der Waals surface area (Å²) in [5.41, 5.74) is -0.709. The summed E-state index contributed by atoms with van der Waals surface area (Å²) in [6, 6.07) is 0. The van der Waals surface area contributed by atoms with Crippen molar-refractivity contribution in [2.75, 3.05) is 32.8 Å². The van der Waals surface area contributed by atoms with Crippen LogP contribution in [0.25, 0.3) is 0 Å². The Morgan fingerprint density at radius 3 is 2.95 bits per heavy atom. The van der Waals surface area contributed by atoms with Crippen molar-refractivity contribution in [3.05, 3.63) is 0 Å². The van der Waals surface area contributed by atoms with E-state index >= 15 is 0 Å². The van der Waals surface area contributed by atoms with Crippen LogP contribution in [-0.4, -0.2) is 54.7 Å². The van der Waals surface area contributed by atoms with E-state index in [4.69, 9.17) is 4.74 Å². The van der Waals surface area contributed by atoms with Gasteiger partial charge in [-0.2, -0.15) is 0 Å². The Kier molecular flexibility index (Phi) is 3.67. The van der Waals surface area contributed by atoms with Crippen molar-refractivity contribution in [1.82, 2.24) is 4.90 Å². The third kappa shape index (κ3) is 2.58. The number of ether oxygens (including phenoxy) is 1. The summed E-state index contributed by atoms with van der Waals surface area (Å²) >= 11 is 0. The maximum absolute atomic E-state index is 11.4. The number of hydrogen-bond donors (Lipinski definition) is 1. The van der Waals surface area contributed by atoms with Crippen LogP contribution in [0.5, 0.6) is 0 Å². The summed E-state index contributed by atoms with van der Waals surface area (Å²) < 4.78 is 5.41. The second-order valence-corrected chi connectivity index (χ2v) is 6.81. The SMILES string of the molecule is O=CC1(CN2CCC3(O)CCCCC3C2)CCOC1. The van der Waals surface area contributed by atoms with Crippen molar-refractivity contribution >= 4 is 6.29 Å². The lowest BCUT2D eigenvalue weighted by atomic mass is 9.71. The number of carbonyl (C=O) groups is 1. The van der Waals surface area contributed by atoms with Gasteiger partial charge in [-0.25, -0.2) is 0 Å². The topological polar surface area (TPSA) is 49.8 Å². The molecule has 3 atom stereocenters. The van der Waals surface area contributed by atoms with Crippen molar-refractivity contribution in [3.8, 4) is 0 Å². The van der Waals surface area contributed by atoms with E-state index in [0.29, 0.717) is 19.1 Å². The molecule has 4 heteroatoms. The first-order valence-corrected chi connectivity index (χ1v) is 7.65. The normalized spacial score (nSPS) is 43.9. The molecule has 0 spiro atoms. The summed E-state index contributed by atoms with van der Waals surface area (Å²) in [5.74, 6) is 0.404. The molecule has 108 valence electrons. The van der Waals surface area contributed by atoms with Gasteiger partial charge in [-0.1, -0.05) is 12.8 Å². The van der Waals surface area contributed by atoms with Crippen molar-refractivity contribution in [2.24, 2.45) is 11.3 Å². The lowest BCUT2D eigenvalue weighted by Crippen LogP contribution is -2.55. The average molecular weight is 267 g/mol. The average Bonchev–Trinajstić information content (AvgIpc) is 2.88. The first-order valence-electron chi connectivity index (χ1n) is 7.65. The van der Waals surface area contributed by atoms with Crippen molar-refractivity contribution in [3.63, 3.8) is 0 Å². The van der Waals surface area contributed by atoms with E-state index < -0.39 is 5.60 Å². The molecule has 3 unspecified atom stereocenters. The van der Waals surface area contributed by atoms with Gasteiger partial charge in [0.05, 0.1) is 17.6 Å². The standard InChI is InChI=1S/C15H25NO3/c17-11-14(6-8-19-12-14)10-16-7-5-15(18)4-2-1-3-13(15)9-16/h11,13,18H,1-10,12H2. The number of aldehydes is 1. The lowest BCUT2D eigenvalue weighted by molar-refractivity contribution is -0.121. The van der Waals surface area contributed by atoms with Crippen LogP contribution < -0.4 is 0 Å². The number of fused-ring (bicyclic) bond motifs is 1. The molecule has 1 N–H and O–H groups in total. The van der Waals surface area contributed by atoms with Crippen molar-refractivity contribution in [2.45, 2.75) is 44.1 Å². The monoisotopic (exact) mass is 267 g/mol. The molecule has 0 aromatic carbocycles. The van der Waals surface area contributed by atoms with Gasteiger partial charge in [0.2, 0.25) is 0 Å². The number of piperidine rings is 1. The van der Waals surface area contributed by atoms with Gasteiger partial charge in [-0.05, 0) is 25.7 Å². The van der Waals surface area contributed by atoms with Crippen LogP contribution in [0, 0.1) is 11.3 Å². The zero-order valence-corrected chi connectivity index (χ0v) is 11.6. The van der Waals surface area contributed by atoms with Gasteiger partial charge in [-0.15, -0.1) is 0 Å². The molecule has 19 heavy (non-hydrogen) atoms. The Morgan fingerprint density at radius 2 is 2.21 bits per heavy atom. The second kappa shape index (κ2) is 5.15. The minimum absolute atomic E-state index is 0.288. The molecule has 1 saturated carbocycles. The van der Waals surface area contributed by atoms with Gasteiger partial charge in [0.25, 0.3) is 0 Å². The number of carbonyl (C=O) groups excluding carboxylic acids is 1. The molecule has 3 fully saturated rings. The Balaban J connectivity index is 1.63. The predicted octanol–water partition coefficient (Wildman–Crippen LogP) is 1.22. The largest absolute Gasteiger partial charge is 0.390 e. The van der Waals surface area contributed by atoms with Crippen molar-refractivity contribution < 1.29 is 14.6 Å². The molecule has 0 bridgehead atoms. The number of nitrogens with zero attached hydrogens (tertiary/aromatic N) is 1. The zero-order valence-electron chi connectivity index (χ0n) is 11.6. The van der Waals surface area contributed by atoms with Gasteiger partial charge in [0.1, 0.15) is 6.29 Å². The van der Waals surface area contributed by atoms with Crippen LogP contribution in [0.15, 0.2) is 0 Å². The van der Waals surface area contributed by atoms with Crippen LogP contribution in [-0.2, 0) is 9.53 Å². The minimum atomic E-state index is -0.421. The fourth-order valence-corrected chi connectivity index (χ4v) is 4.11. The summed E-state index contributed by atoms with van der Waals surface area (Å²) in [6.07, 6.45) is 7.32. The van der Waals surface area contributed by atoms with Gasteiger partial charge in [-0.3, -0.25) is 0 Å². The highest BCUT2D eigenvalue weighted by Crippen LogP contribution is 2.40. The summed E-state index contributed by atoms with van der Waals surface area (Å²) in [4.78, 5) is 13.8. The highest BCUT2D eigenvalue weighted by Gasteiger charge is 2.45. The van der Waals surface area contributed by atoms with E-state index in [2.05, 4.69) is 4.90 Å². The quantitative estimate of drug-likeness (QED) is 0.781. The van der Waals surface area contributed by atoms with E-state index in [9.17, 15) is 9.90 Å². The molecule has 2 heterocycles. The predicted molar refractivity (Wildman–Crippen MR) is 71.9 cm³/mol. The molecule has 4 nitrogen and oxygen atoms in total. The van der Waals surface area contributed by atoms with Crippen LogP contribution >= 0.6 is 0 Å². The van der Waals surface area contributed by atoms with Gasteiger partial charge in [0, 0.05) is 32.2 Å². The Morgan fingerprint density at radius 1 is 1.32 bits per heavy atom. The molecule has 1 aliphatic carbocycles. The van der Waals surface area contributed by atoms with Gasteiger partial charge in [0.15, 0.2) is 0 Å². The number of hydrogen-bond acceptors (Lipinski definition) is 4. The van der Waals surface area contributed by atoms with E-state index in [0.717, 1.165) is 51.6 Å². The first-order chi connectivity index (χ1) is 9.16. The maximum Gasteiger partial charge on any atom is 0.129 e. The van der Waals surface area contributed by atoms with Gasteiger partial charge >= 0.3 is 0 Å². The number of aliphatic hydroxyl groups is 1. The number of rotatable bonds is 3. The number of likely N-dealkylation sites (tertiary alicyclic amines) is 1. The Bertz CT molecular complexity index is 340. The molecule has 0 amide bonds. The van der Waals surface area contributed by atoms with Crippen LogP contribution in [0.3, 0.4) is 0 Å². The summed E-state index contributed by atoms with van der Waals surface area (Å²) in [7, 11) is 0. The van der Waals surface area contributed by atoms with Crippen LogP contribution in [0.2, 0.25) is 0 Å². The molecule has 0 radical (unpaired) electrons. The lowest BCUT2D eigenvalue weighted by Gasteiger charge is -2.48. The van der Waals surface area contributed by atoms with Crippen molar-refractivity contribution in [1.29, 1.82) is 0 Å². The molecule has 0 aromatic heterocycles. The molecular formula is C15H25NO3. The highest BCUT2D eigenvalue weighted by molar-refractivity contribution is 5.60. The molecule has 2 aliphatic heterocycles. The smallest absolute Gasteiger partial charge is 0.129 e. The minimum Gasteiger partial charge on any atom is -0.390 e. The third-order valence-electron chi connectivity index (χ3n) is 5.43. The Labute approximate surface area is 115 Å². The third-order valence-corrected chi connectivity index (χ3v) is 5.43. The van der Waals surface area contributed by atoms with Gasteiger partial charge < -0.3 is 19.5 Å². The van der Waals surface area contributed by atoms with E-state index in [-0.39, 0.29) is 5.41 Å². The molecule has 0 aromatic rings. The Hall–Kier alpha value is -0.450. The van der Waals surface area contributed by atoms with E-state index in [1.165, 1.54) is 12.8 Å². The van der Waals surface area contributed by atoms with E-state index in [1.54, 1.807) is 0 Å². The highest BCUT2D eigenvalue weighted by atomic mass is 16.5. The summed E-state index contributed by atoms with van der Waals surface area (Å²) in [5, 5.41) is 10.7. The fourth-order valence-electron chi connectivity index (χ4n) is 4.11. The fraction of sp³-hybridized carbons (Fsp3) is 0.933. The van der Waals surface area contributed by atoms with E-state index in [1.807, 2.05) is 0 Å². The van der Waals surface area contributed by atoms with Crippen LogP contribution in [0.1, 0.15) is 38.5 Å². The molecule has 3 rings (SSSR count). The van der Waals surface area contributed by atoms with Crippen LogP contribution in [0.4, 0.5) is 0 Å². The second-order valence-electron chi connectivity index (χ2n) is 6.81. The molecule has 3 aliphatic rings. The summed E-state index contributed by atoms with van der Waals surface area (Å²) in [6.45, 7) is 3.96. The molecule has 2 saturated heterocycles. The maximum atomic E-state index is 11.4.